The summed E-state index contributed by atoms with van der Waals surface area (Å²) < 4.78 is 0. The van der Waals surface area contributed by atoms with Crippen molar-refractivity contribution < 1.29 is 0 Å². The van der Waals surface area contributed by atoms with E-state index in [1.807, 2.05) is 12.3 Å². The molecule has 0 saturated heterocycles. The fraction of sp³-hybridized carbons (Fsp3) is 0.267. The Labute approximate surface area is 96.2 Å². The van der Waals surface area contributed by atoms with E-state index in [0.29, 0.717) is 0 Å². The van der Waals surface area contributed by atoms with Crippen molar-refractivity contribution in [3.05, 3.63) is 53.2 Å². The SMILES string of the molecule is Cc1cccc2c1-c1ncccc1C2(C)C. The van der Waals surface area contributed by atoms with Crippen molar-refractivity contribution in [2.75, 3.05) is 0 Å². The van der Waals surface area contributed by atoms with Crippen LogP contribution in [0.5, 0.6) is 0 Å². The standard InChI is InChI=1S/C15H15N/c1-10-6-4-7-11-13(10)14-12(15(11,2)3)8-5-9-16-14/h4-9H,1-3H3. The van der Waals surface area contributed by atoms with E-state index < -0.39 is 0 Å². The Morgan fingerprint density at radius 3 is 2.56 bits per heavy atom. The lowest BCUT2D eigenvalue weighted by Crippen LogP contribution is -2.14. The maximum Gasteiger partial charge on any atom is 0.0748 e. The lowest BCUT2D eigenvalue weighted by atomic mass is 9.82. The molecule has 1 heteroatoms. The van der Waals surface area contributed by atoms with Gasteiger partial charge in [0.25, 0.3) is 0 Å². The Morgan fingerprint density at radius 1 is 1.00 bits per heavy atom. The van der Waals surface area contributed by atoms with Crippen molar-refractivity contribution in [1.82, 2.24) is 4.98 Å². The lowest BCUT2D eigenvalue weighted by Gasteiger charge is -2.20. The minimum atomic E-state index is 0.0882. The van der Waals surface area contributed by atoms with Crippen LogP contribution in [-0.2, 0) is 5.41 Å². The van der Waals surface area contributed by atoms with Gasteiger partial charge in [0.15, 0.2) is 0 Å². The zero-order chi connectivity index (χ0) is 11.3. The third kappa shape index (κ3) is 1.03. The quantitative estimate of drug-likeness (QED) is 0.644. The van der Waals surface area contributed by atoms with Crippen LogP contribution in [0.3, 0.4) is 0 Å². The van der Waals surface area contributed by atoms with Crippen LogP contribution in [0.25, 0.3) is 11.3 Å². The number of aryl methyl sites for hydroxylation is 1. The molecule has 1 aromatic carbocycles. The van der Waals surface area contributed by atoms with Gasteiger partial charge in [0.1, 0.15) is 0 Å². The number of pyridine rings is 1. The van der Waals surface area contributed by atoms with Crippen LogP contribution in [0.2, 0.25) is 0 Å². The van der Waals surface area contributed by atoms with Gasteiger partial charge in [-0.3, -0.25) is 4.98 Å². The highest BCUT2D eigenvalue weighted by molar-refractivity contribution is 5.79. The largest absolute Gasteiger partial charge is 0.256 e. The van der Waals surface area contributed by atoms with Gasteiger partial charge in [-0.05, 0) is 29.7 Å². The number of hydrogen-bond acceptors (Lipinski definition) is 1. The molecule has 0 fully saturated rings. The van der Waals surface area contributed by atoms with E-state index >= 15 is 0 Å². The summed E-state index contributed by atoms with van der Waals surface area (Å²) in [4.78, 5) is 4.56. The fourth-order valence-electron chi connectivity index (χ4n) is 2.76. The molecule has 1 aliphatic rings. The van der Waals surface area contributed by atoms with Gasteiger partial charge in [-0.15, -0.1) is 0 Å². The highest BCUT2D eigenvalue weighted by Crippen LogP contribution is 2.48. The predicted molar refractivity (Wildman–Crippen MR) is 66.5 cm³/mol. The molecule has 0 aliphatic heterocycles. The topological polar surface area (TPSA) is 12.9 Å². The third-order valence-corrected chi connectivity index (χ3v) is 3.66. The number of hydrogen-bond donors (Lipinski definition) is 0. The van der Waals surface area contributed by atoms with E-state index in [9.17, 15) is 0 Å². The van der Waals surface area contributed by atoms with Crippen molar-refractivity contribution in [2.45, 2.75) is 26.2 Å². The number of aromatic nitrogens is 1. The highest BCUT2D eigenvalue weighted by atomic mass is 14.7. The summed E-state index contributed by atoms with van der Waals surface area (Å²) >= 11 is 0. The smallest absolute Gasteiger partial charge is 0.0748 e. The number of fused-ring (bicyclic) bond motifs is 3. The van der Waals surface area contributed by atoms with Crippen LogP contribution in [-0.4, -0.2) is 4.98 Å². The van der Waals surface area contributed by atoms with Crippen molar-refractivity contribution in [3.63, 3.8) is 0 Å². The maximum absolute atomic E-state index is 4.56. The predicted octanol–water partition coefficient (Wildman–Crippen LogP) is 3.70. The zero-order valence-electron chi connectivity index (χ0n) is 9.91. The normalized spacial score (nSPS) is 15.7. The van der Waals surface area contributed by atoms with Gasteiger partial charge in [0, 0.05) is 17.2 Å². The number of rotatable bonds is 0. The van der Waals surface area contributed by atoms with Gasteiger partial charge in [-0.2, -0.15) is 0 Å². The Bertz CT molecular complexity index is 567. The van der Waals surface area contributed by atoms with E-state index in [1.54, 1.807) is 0 Å². The van der Waals surface area contributed by atoms with E-state index in [4.69, 9.17) is 0 Å². The van der Waals surface area contributed by atoms with Crippen molar-refractivity contribution in [1.29, 1.82) is 0 Å². The molecule has 0 amide bonds. The molecule has 1 aliphatic carbocycles. The Morgan fingerprint density at radius 2 is 1.75 bits per heavy atom. The van der Waals surface area contributed by atoms with Crippen LogP contribution in [0, 0.1) is 6.92 Å². The highest BCUT2D eigenvalue weighted by Gasteiger charge is 2.36. The summed E-state index contributed by atoms with van der Waals surface area (Å²) in [7, 11) is 0. The van der Waals surface area contributed by atoms with Gasteiger partial charge in [0.2, 0.25) is 0 Å². The van der Waals surface area contributed by atoms with Crippen LogP contribution in [0.1, 0.15) is 30.5 Å². The molecule has 0 radical (unpaired) electrons. The first-order valence-electron chi connectivity index (χ1n) is 5.68. The van der Waals surface area contributed by atoms with Crippen molar-refractivity contribution in [2.24, 2.45) is 0 Å². The zero-order valence-corrected chi connectivity index (χ0v) is 9.91. The monoisotopic (exact) mass is 209 g/mol. The van der Waals surface area contributed by atoms with Crippen LogP contribution in [0.4, 0.5) is 0 Å². The number of nitrogens with zero attached hydrogens (tertiary/aromatic N) is 1. The minimum absolute atomic E-state index is 0.0882. The molecule has 0 atom stereocenters. The van der Waals surface area contributed by atoms with Crippen molar-refractivity contribution >= 4 is 0 Å². The second kappa shape index (κ2) is 2.94. The van der Waals surface area contributed by atoms with Crippen LogP contribution < -0.4 is 0 Å². The molecule has 2 aromatic rings. The average molecular weight is 209 g/mol. The molecule has 0 bridgehead atoms. The van der Waals surface area contributed by atoms with Crippen LogP contribution in [0.15, 0.2) is 36.5 Å². The maximum atomic E-state index is 4.56. The molecule has 1 nitrogen and oxygen atoms in total. The summed E-state index contributed by atoms with van der Waals surface area (Å²) in [6, 6.07) is 10.8. The molecule has 80 valence electrons. The summed E-state index contributed by atoms with van der Waals surface area (Å²) in [5, 5.41) is 0. The van der Waals surface area contributed by atoms with Crippen molar-refractivity contribution in [3.8, 4) is 11.3 Å². The number of benzene rings is 1. The van der Waals surface area contributed by atoms with Gasteiger partial charge in [-0.25, -0.2) is 0 Å². The first-order valence-corrected chi connectivity index (χ1v) is 5.68. The van der Waals surface area contributed by atoms with Gasteiger partial charge in [-0.1, -0.05) is 38.1 Å². The van der Waals surface area contributed by atoms with E-state index in [0.717, 1.165) is 0 Å². The molecule has 0 N–H and O–H groups in total. The molecule has 1 aromatic heterocycles. The molecular formula is C15H15N. The molecule has 0 spiro atoms. The Kier molecular flexibility index (Phi) is 1.76. The summed E-state index contributed by atoms with van der Waals surface area (Å²) in [5.74, 6) is 0. The summed E-state index contributed by atoms with van der Waals surface area (Å²) in [6.45, 7) is 6.72. The molecule has 0 saturated carbocycles. The third-order valence-electron chi connectivity index (χ3n) is 3.66. The average Bonchev–Trinajstić information content (AvgIpc) is 2.51. The van der Waals surface area contributed by atoms with Crippen LogP contribution >= 0.6 is 0 Å². The van der Waals surface area contributed by atoms with Gasteiger partial charge >= 0.3 is 0 Å². The molecular weight excluding hydrogens is 194 g/mol. The molecule has 0 unspecified atom stereocenters. The second-order valence-corrected chi connectivity index (χ2v) is 5.02. The Balaban J connectivity index is 2.45. The van der Waals surface area contributed by atoms with Gasteiger partial charge < -0.3 is 0 Å². The molecule has 1 heterocycles. The first-order chi connectivity index (χ1) is 7.62. The molecule has 3 rings (SSSR count). The Hall–Kier alpha value is -1.63. The van der Waals surface area contributed by atoms with E-state index in [2.05, 4.69) is 50.0 Å². The van der Waals surface area contributed by atoms with E-state index in [1.165, 1.54) is 27.9 Å². The summed E-state index contributed by atoms with van der Waals surface area (Å²) in [6.07, 6.45) is 1.89. The van der Waals surface area contributed by atoms with Gasteiger partial charge in [0.05, 0.1) is 5.69 Å². The minimum Gasteiger partial charge on any atom is -0.256 e. The fourth-order valence-corrected chi connectivity index (χ4v) is 2.76. The second-order valence-electron chi connectivity index (χ2n) is 5.02. The lowest BCUT2D eigenvalue weighted by molar-refractivity contribution is 0.659. The van der Waals surface area contributed by atoms with E-state index in [-0.39, 0.29) is 5.41 Å². The summed E-state index contributed by atoms with van der Waals surface area (Å²) in [5.41, 5.74) is 6.66. The first kappa shape index (κ1) is 9.59. The molecule has 16 heavy (non-hydrogen) atoms.